The number of β-amino-alcohol motifs (C(OH)–C–C–N with tert-alkyl or cyclic N) is 1. The van der Waals surface area contributed by atoms with Crippen LogP contribution in [0.4, 0.5) is 0 Å². The largest absolute Gasteiger partial charge is 0.493 e. The normalized spacial score (nSPS) is 23.0. The second-order valence-electron chi connectivity index (χ2n) is 9.11. The van der Waals surface area contributed by atoms with Crippen LogP contribution in [-0.4, -0.2) is 93.1 Å². The lowest BCUT2D eigenvalue weighted by atomic mass is 9.80. The average Bonchev–Trinajstić information content (AvgIpc) is 3.14. The molecule has 3 heterocycles. The van der Waals surface area contributed by atoms with Crippen molar-refractivity contribution in [2.45, 2.75) is 31.9 Å². The van der Waals surface area contributed by atoms with E-state index in [4.69, 9.17) is 14.2 Å². The lowest BCUT2D eigenvalue weighted by molar-refractivity contribution is -0.124. The Morgan fingerprint density at radius 1 is 1.19 bits per heavy atom. The van der Waals surface area contributed by atoms with Gasteiger partial charge in [-0.05, 0) is 48.9 Å². The number of aliphatic hydroxyl groups excluding tert-OH is 1. The summed E-state index contributed by atoms with van der Waals surface area (Å²) in [5.74, 6) is 1.34. The predicted molar refractivity (Wildman–Crippen MR) is 116 cm³/mol. The molecule has 1 aromatic rings. The molecule has 0 radical (unpaired) electrons. The van der Waals surface area contributed by atoms with E-state index in [9.17, 15) is 9.90 Å². The zero-order valence-electron chi connectivity index (χ0n) is 18.5. The molecule has 0 aliphatic carbocycles. The van der Waals surface area contributed by atoms with E-state index in [1.165, 1.54) is 6.42 Å². The maximum Gasteiger partial charge on any atom is 0.234 e. The lowest BCUT2D eigenvalue weighted by Gasteiger charge is -2.33. The number of hydrogen-bond acceptors (Lipinski definition) is 7. The van der Waals surface area contributed by atoms with Gasteiger partial charge in [0.15, 0.2) is 11.5 Å². The third-order valence-electron chi connectivity index (χ3n) is 6.72. The number of nitrogens with zero attached hydrogens (tertiary/aromatic N) is 2. The summed E-state index contributed by atoms with van der Waals surface area (Å²) in [6, 6.07) is 5.83. The first-order valence-corrected chi connectivity index (χ1v) is 11.3. The van der Waals surface area contributed by atoms with Crippen LogP contribution in [0, 0.1) is 5.41 Å². The van der Waals surface area contributed by atoms with Crippen molar-refractivity contribution in [1.82, 2.24) is 15.1 Å². The van der Waals surface area contributed by atoms with Crippen molar-refractivity contribution in [2.75, 3.05) is 66.2 Å². The molecule has 0 aromatic heterocycles. The molecule has 0 saturated carbocycles. The van der Waals surface area contributed by atoms with Crippen molar-refractivity contribution in [3.05, 3.63) is 23.8 Å². The highest BCUT2D eigenvalue weighted by molar-refractivity contribution is 5.78. The Hall–Kier alpha value is -1.87. The van der Waals surface area contributed by atoms with Crippen LogP contribution in [0.2, 0.25) is 0 Å². The van der Waals surface area contributed by atoms with Gasteiger partial charge in [0.1, 0.15) is 12.7 Å². The van der Waals surface area contributed by atoms with Crippen molar-refractivity contribution in [3.63, 3.8) is 0 Å². The van der Waals surface area contributed by atoms with Crippen molar-refractivity contribution >= 4 is 5.91 Å². The molecule has 8 heteroatoms. The minimum absolute atomic E-state index is 0.0629. The highest BCUT2D eigenvalue weighted by Crippen LogP contribution is 2.39. The fourth-order valence-electron chi connectivity index (χ4n) is 4.95. The number of nitrogens with one attached hydrogen (secondary N) is 1. The van der Waals surface area contributed by atoms with Crippen molar-refractivity contribution < 1.29 is 24.1 Å². The Morgan fingerprint density at radius 2 is 2.03 bits per heavy atom. The van der Waals surface area contributed by atoms with Gasteiger partial charge in [0.2, 0.25) is 5.91 Å². The summed E-state index contributed by atoms with van der Waals surface area (Å²) in [4.78, 5) is 16.0. The molecule has 0 bridgehead atoms. The number of aliphatic hydroxyl groups is 1. The molecule has 31 heavy (non-hydrogen) atoms. The molecular formula is C23H35N3O5. The van der Waals surface area contributed by atoms with Crippen LogP contribution in [0.1, 0.15) is 24.8 Å². The summed E-state index contributed by atoms with van der Waals surface area (Å²) < 4.78 is 16.9. The zero-order chi connectivity index (χ0) is 21.7. The smallest absolute Gasteiger partial charge is 0.234 e. The van der Waals surface area contributed by atoms with Crippen molar-refractivity contribution in [1.29, 1.82) is 0 Å². The average molecular weight is 434 g/mol. The van der Waals surface area contributed by atoms with Crippen LogP contribution < -0.4 is 14.8 Å². The summed E-state index contributed by atoms with van der Waals surface area (Å²) in [6.07, 6.45) is 2.90. The third-order valence-corrected chi connectivity index (χ3v) is 6.72. The molecular weight excluding hydrogens is 398 g/mol. The van der Waals surface area contributed by atoms with Gasteiger partial charge in [-0.15, -0.1) is 0 Å². The van der Waals surface area contributed by atoms with E-state index in [-0.39, 0.29) is 12.5 Å². The zero-order valence-corrected chi connectivity index (χ0v) is 18.5. The minimum atomic E-state index is -0.550. The predicted octanol–water partition coefficient (Wildman–Crippen LogP) is 0.869. The number of rotatable bonds is 8. The number of methoxy groups -OCH3 is 1. The van der Waals surface area contributed by atoms with Gasteiger partial charge in [0, 0.05) is 45.9 Å². The third kappa shape index (κ3) is 5.88. The van der Waals surface area contributed by atoms with Gasteiger partial charge in [-0.25, -0.2) is 0 Å². The fourth-order valence-corrected chi connectivity index (χ4v) is 4.95. The van der Waals surface area contributed by atoms with Gasteiger partial charge >= 0.3 is 0 Å². The Bertz CT molecular complexity index is 753. The second kappa shape index (κ2) is 10.2. The molecule has 1 aromatic carbocycles. The molecule has 3 fully saturated rings. The Labute approximate surface area is 184 Å². The number of benzene rings is 1. The van der Waals surface area contributed by atoms with E-state index in [2.05, 4.69) is 15.1 Å². The Kier molecular flexibility index (Phi) is 7.32. The van der Waals surface area contributed by atoms with E-state index in [1.54, 1.807) is 7.11 Å². The first-order chi connectivity index (χ1) is 15.0. The number of carbonyl (C=O) groups excluding carboxylic acids is 1. The summed E-state index contributed by atoms with van der Waals surface area (Å²) in [5, 5.41) is 13.4. The summed E-state index contributed by atoms with van der Waals surface area (Å²) in [6.45, 7) is 7.27. The molecule has 4 rings (SSSR count). The number of carbonyl (C=O) groups is 1. The van der Waals surface area contributed by atoms with Crippen LogP contribution in [0.25, 0.3) is 0 Å². The van der Waals surface area contributed by atoms with E-state index < -0.39 is 6.10 Å². The fraction of sp³-hybridized carbons (Fsp3) is 0.696. The number of ether oxygens (including phenoxy) is 3. The van der Waals surface area contributed by atoms with Gasteiger partial charge in [-0.2, -0.15) is 0 Å². The monoisotopic (exact) mass is 433 g/mol. The molecule has 1 amide bonds. The van der Waals surface area contributed by atoms with E-state index in [1.807, 2.05) is 18.2 Å². The van der Waals surface area contributed by atoms with Gasteiger partial charge in [0.05, 0.1) is 13.7 Å². The standard InChI is InChI=1S/C23H35N3O5/c1-29-21-12-18(13-25-9-7-24-22(28)15-25)2-3-20(21)31-16-19(27)14-26-8-4-23(17-26)5-10-30-11-6-23/h2-3,12,19,27H,4-11,13-17H2,1H3,(H,24,28). The molecule has 2 N–H and O–H groups in total. The van der Waals surface area contributed by atoms with E-state index in [0.717, 1.165) is 51.3 Å². The highest BCUT2D eigenvalue weighted by Gasteiger charge is 2.39. The second-order valence-corrected chi connectivity index (χ2v) is 9.11. The maximum absolute atomic E-state index is 11.6. The molecule has 172 valence electrons. The van der Waals surface area contributed by atoms with Gasteiger partial charge < -0.3 is 29.5 Å². The van der Waals surface area contributed by atoms with Gasteiger partial charge in [-0.1, -0.05) is 6.07 Å². The van der Waals surface area contributed by atoms with Crippen LogP contribution in [0.5, 0.6) is 11.5 Å². The molecule has 1 unspecified atom stereocenters. The minimum Gasteiger partial charge on any atom is -0.493 e. The topological polar surface area (TPSA) is 83.5 Å². The van der Waals surface area contributed by atoms with Crippen LogP contribution in [0.15, 0.2) is 18.2 Å². The summed E-state index contributed by atoms with van der Waals surface area (Å²) in [5.41, 5.74) is 1.45. The summed E-state index contributed by atoms with van der Waals surface area (Å²) >= 11 is 0. The Balaban J connectivity index is 1.26. The highest BCUT2D eigenvalue weighted by atomic mass is 16.5. The number of likely N-dealkylation sites (tertiary alicyclic amines) is 1. The molecule has 3 aliphatic rings. The summed E-state index contributed by atoms with van der Waals surface area (Å²) in [7, 11) is 1.62. The van der Waals surface area contributed by atoms with E-state index in [0.29, 0.717) is 43.1 Å². The quantitative estimate of drug-likeness (QED) is 0.629. The van der Waals surface area contributed by atoms with Crippen LogP contribution >= 0.6 is 0 Å². The number of hydrogen-bond donors (Lipinski definition) is 2. The van der Waals surface area contributed by atoms with Gasteiger partial charge in [0.25, 0.3) is 0 Å². The maximum atomic E-state index is 11.6. The molecule has 8 nitrogen and oxygen atoms in total. The molecule has 1 spiro atoms. The Morgan fingerprint density at radius 3 is 2.81 bits per heavy atom. The SMILES string of the molecule is COc1cc(CN2CCNC(=O)C2)ccc1OCC(O)CN1CCC2(CCOCC2)C1. The van der Waals surface area contributed by atoms with Gasteiger partial charge in [-0.3, -0.25) is 9.69 Å². The van der Waals surface area contributed by atoms with Crippen molar-refractivity contribution in [3.8, 4) is 11.5 Å². The van der Waals surface area contributed by atoms with Crippen LogP contribution in [0.3, 0.4) is 0 Å². The molecule has 3 aliphatic heterocycles. The van der Waals surface area contributed by atoms with E-state index >= 15 is 0 Å². The number of amides is 1. The molecule has 1 atom stereocenters. The number of piperazine rings is 1. The van der Waals surface area contributed by atoms with Crippen molar-refractivity contribution in [2.24, 2.45) is 5.41 Å². The lowest BCUT2D eigenvalue weighted by Crippen LogP contribution is -2.47. The first-order valence-electron chi connectivity index (χ1n) is 11.3. The molecule has 3 saturated heterocycles. The van der Waals surface area contributed by atoms with Crippen LogP contribution in [-0.2, 0) is 16.1 Å². The first kappa shape index (κ1) is 22.3.